The molecule has 1 rings (SSSR count). The van der Waals surface area contributed by atoms with Crippen molar-refractivity contribution in [2.45, 2.75) is 25.8 Å². The maximum absolute atomic E-state index is 11.2. The maximum atomic E-state index is 11.2. The minimum atomic E-state index is -0.361. The fraction of sp³-hybridized carbons (Fsp3) is 0.556. The van der Waals surface area contributed by atoms with Crippen molar-refractivity contribution in [3.8, 4) is 0 Å². The van der Waals surface area contributed by atoms with Crippen LogP contribution in [-0.4, -0.2) is 34.5 Å². The minimum Gasteiger partial charge on any atom is -0.394 e. The van der Waals surface area contributed by atoms with E-state index in [1.54, 1.807) is 0 Å². The number of aliphatic hydroxyl groups excluding tert-OH is 1. The molecule has 0 saturated heterocycles. The molecule has 1 atom stereocenters. The molecule has 13 heavy (non-hydrogen) atoms. The molecule has 0 aromatic rings. The highest BCUT2D eigenvalue weighted by Gasteiger charge is 2.29. The first-order chi connectivity index (χ1) is 6.20. The highest BCUT2D eigenvalue weighted by atomic mass is 16.3. The summed E-state index contributed by atoms with van der Waals surface area (Å²) in [6, 6.07) is -0.361. The van der Waals surface area contributed by atoms with E-state index in [1.165, 1.54) is 12.2 Å². The molecule has 0 radical (unpaired) electrons. The number of carbonyl (C=O) groups is 2. The van der Waals surface area contributed by atoms with Gasteiger partial charge in [0.25, 0.3) is 11.8 Å². The minimum absolute atomic E-state index is 0.160. The van der Waals surface area contributed by atoms with Crippen molar-refractivity contribution >= 4 is 11.8 Å². The lowest BCUT2D eigenvalue weighted by atomic mass is 10.1. The van der Waals surface area contributed by atoms with Gasteiger partial charge in [0.2, 0.25) is 0 Å². The number of rotatable bonds is 4. The van der Waals surface area contributed by atoms with Crippen LogP contribution < -0.4 is 0 Å². The Balaban J connectivity index is 2.68. The van der Waals surface area contributed by atoms with E-state index in [1.807, 2.05) is 6.92 Å². The van der Waals surface area contributed by atoms with E-state index in [0.29, 0.717) is 6.42 Å². The molecule has 4 heteroatoms. The molecule has 0 aromatic heterocycles. The van der Waals surface area contributed by atoms with Gasteiger partial charge >= 0.3 is 0 Å². The molecule has 1 unspecified atom stereocenters. The monoisotopic (exact) mass is 183 g/mol. The van der Waals surface area contributed by atoms with Gasteiger partial charge in [-0.05, 0) is 6.42 Å². The number of imide groups is 1. The Bertz CT molecular complexity index is 229. The van der Waals surface area contributed by atoms with E-state index < -0.39 is 0 Å². The molecule has 0 fully saturated rings. The van der Waals surface area contributed by atoms with E-state index in [2.05, 4.69) is 0 Å². The van der Waals surface area contributed by atoms with Crippen molar-refractivity contribution in [2.75, 3.05) is 6.61 Å². The van der Waals surface area contributed by atoms with Gasteiger partial charge in [0.15, 0.2) is 0 Å². The summed E-state index contributed by atoms with van der Waals surface area (Å²) in [5.41, 5.74) is 0. The van der Waals surface area contributed by atoms with Crippen LogP contribution in [0.4, 0.5) is 0 Å². The first-order valence-electron chi connectivity index (χ1n) is 4.36. The number of aliphatic hydroxyl groups is 1. The lowest BCUT2D eigenvalue weighted by Gasteiger charge is -2.23. The topological polar surface area (TPSA) is 57.6 Å². The predicted octanol–water partition coefficient (Wildman–Crippen LogP) is 0.0724. The Morgan fingerprint density at radius 1 is 1.38 bits per heavy atom. The molecular weight excluding hydrogens is 170 g/mol. The largest absolute Gasteiger partial charge is 0.394 e. The third kappa shape index (κ3) is 1.95. The van der Waals surface area contributed by atoms with Crippen LogP contribution in [0.25, 0.3) is 0 Å². The van der Waals surface area contributed by atoms with E-state index in [4.69, 9.17) is 5.11 Å². The van der Waals surface area contributed by atoms with E-state index in [-0.39, 0.29) is 24.5 Å². The summed E-state index contributed by atoms with van der Waals surface area (Å²) in [6.45, 7) is 1.79. The highest BCUT2D eigenvalue weighted by molar-refractivity contribution is 6.13. The second-order valence-corrected chi connectivity index (χ2v) is 3.00. The number of amides is 2. The smallest absolute Gasteiger partial charge is 0.253 e. The number of hydrogen-bond donors (Lipinski definition) is 1. The van der Waals surface area contributed by atoms with Crippen molar-refractivity contribution < 1.29 is 14.7 Å². The average molecular weight is 183 g/mol. The van der Waals surface area contributed by atoms with Gasteiger partial charge < -0.3 is 5.11 Å². The molecule has 0 bridgehead atoms. The molecular formula is C9H13NO3. The molecule has 0 saturated carbocycles. The van der Waals surface area contributed by atoms with E-state index in [0.717, 1.165) is 11.3 Å². The van der Waals surface area contributed by atoms with Crippen molar-refractivity contribution in [1.29, 1.82) is 0 Å². The Labute approximate surface area is 76.8 Å². The zero-order valence-corrected chi connectivity index (χ0v) is 7.56. The second-order valence-electron chi connectivity index (χ2n) is 3.00. The summed E-state index contributed by atoms with van der Waals surface area (Å²) in [4.78, 5) is 23.4. The zero-order chi connectivity index (χ0) is 9.84. The summed E-state index contributed by atoms with van der Waals surface area (Å²) < 4.78 is 0. The summed E-state index contributed by atoms with van der Waals surface area (Å²) in [5.74, 6) is -0.644. The fourth-order valence-corrected chi connectivity index (χ4v) is 1.41. The number of hydrogen-bond acceptors (Lipinski definition) is 3. The molecule has 1 heterocycles. The third-order valence-electron chi connectivity index (χ3n) is 2.04. The first kappa shape index (κ1) is 9.92. The van der Waals surface area contributed by atoms with Crippen molar-refractivity contribution in [1.82, 2.24) is 4.90 Å². The maximum Gasteiger partial charge on any atom is 0.253 e. The summed E-state index contributed by atoms with van der Waals surface area (Å²) in [6.07, 6.45) is 3.96. The van der Waals surface area contributed by atoms with E-state index in [9.17, 15) is 9.59 Å². The highest BCUT2D eigenvalue weighted by Crippen LogP contribution is 2.12. The SMILES string of the molecule is CCCC(CO)N1C(=O)C=CC1=O. The van der Waals surface area contributed by atoms with Gasteiger partial charge in [-0.15, -0.1) is 0 Å². The van der Waals surface area contributed by atoms with Gasteiger partial charge in [0.1, 0.15) is 0 Å². The lowest BCUT2D eigenvalue weighted by Crippen LogP contribution is -2.42. The van der Waals surface area contributed by atoms with Gasteiger partial charge in [0.05, 0.1) is 12.6 Å². The molecule has 1 N–H and O–H groups in total. The molecule has 1 aliphatic rings. The van der Waals surface area contributed by atoms with Crippen LogP contribution in [0.1, 0.15) is 19.8 Å². The summed E-state index contributed by atoms with van der Waals surface area (Å²) in [5, 5.41) is 8.98. The van der Waals surface area contributed by atoms with Crippen LogP contribution in [0, 0.1) is 0 Å². The van der Waals surface area contributed by atoms with Gasteiger partial charge in [-0.25, -0.2) is 0 Å². The molecule has 0 spiro atoms. The van der Waals surface area contributed by atoms with Crippen LogP contribution in [0.15, 0.2) is 12.2 Å². The van der Waals surface area contributed by atoms with E-state index >= 15 is 0 Å². The molecule has 1 aliphatic heterocycles. The van der Waals surface area contributed by atoms with Crippen LogP contribution >= 0.6 is 0 Å². The standard InChI is InChI=1S/C9H13NO3/c1-2-3-7(6-11)10-8(12)4-5-9(10)13/h4-5,7,11H,2-3,6H2,1H3. The zero-order valence-electron chi connectivity index (χ0n) is 7.56. The Kier molecular flexibility index (Phi) is 3.19. The average Bonchev–Trinajstić information content (AvgIpc) is 2.43. The molecule has 4 nitrogen and oxygen atoms in total. The van der Waals surface area contributed by atoms with Gasteiger partial charge in [-0.1, -0.05) is 13.3 Å². The Morgan fingerprint density at radius 3 is 2.31 bits per heavy atom. The summed E-state index contributed by atoms with van der Waals surface area (Å²) in [7, 11) is 0. The van der Waals surface area contributed by atoms with Crippen LogP contribution in [0.2, 0.25) is 0 Å². The second kappa shape index (κ2) is 4.18. The van der Waals surface area contributed by atoms with Crippen LogP contribution in [-0.2, 0) is 9.59 Å². The Hall–Kier alpha value is -1.16. The van der Waals surface area contributed by atoms with Crippen LogP contribution in [0.3, 0.4) is 0 Å². The van der Waals surface area contributed by atoms with Crippen LogP contribution in [0.5, 0.6) is 0 Å². The first-order valence-corrected chi connectivity index (χ1v) is 4.36. The Morgan fingerprint density at radius 2 is 1.92 bits per heavy atom. The normalized spacial score (nSPS) is 18.5. The lowest BCUT2D eigenvalue weighted by molar-refractivity contribution is -0.140. The fourth-order valence-electron chi connectivity index (χ4n) is 1.41. The summed E-state index contributed by atoms with van der Waals surface area (Å²) >= 11 is 0. The molecule has 72 valence electrons. The van der Waals surface area contributed by atoms with Gasteiger partial charge in [-0.2, -0.15) is 0 Å². The van der Waals surface area contributed by atoms with Crippen molar-refractivity contribution in [2.24, 2.45) is 0 Å². The predicted molar refractivity (Wildman–Crippen MR) is 46.8 cm³/mol. The van der Waals surface area contributed by atoms with Gasteiger partial charge in [0, 0.05) is 12.2 Å². The number of nitrogens with zero attached hydrogens (tertiary/aromatic N) is 1. The quantitative estimate of drug-likeness (QED) is 0.627. The van der Waals surface area contributed by atoms with Crippen molar-refractivity contribution in [3.05, 3.63) is 12.2 Å². The molecule has 0 aliphatic carbocycles. The third-order valence-corrected chi connectivity index (χ3v) is 2.04. The van der Waals surface area contributed by atoms with Crippen molar-refractivity contribution in [3.63, 3.8) is 0 Å². The van der Waals surface area contributed by atoms with Gasteiger partial charge in [-0.3, -0.25) is 14.5 Å². The molecule has 0 aromatic carbocycles. The molecule has 2 amide bonds. The number of carbonyl (C=O) groups excluding carboxylic acids is 2.